The Morgan fingerprint density at radius 2 is 1.72 bits per heavy atom. The van der Waals surface area contributed by atoms with Gasteiger partial charge in [-0.1, -0.05) is 23.7 Å². The third kappa shape index (κ3) is 6.21. The first-order valence-electron chi connectivity index (χ1n) is 9.71. The molecule has 2 N–H and O–H groups in total. The molecule has 1 amide bonds. The second kappa shape index (κ2) is 10.0. The molecule has 6 nitrogen and oxygen atoms in total. The molecular weight excluding hydrogens is 455 g/mol. The van der Waals surface area contributed by atoms with Crippen molar-refractivity contribution in [3.8, 4) is 5.75 Å². The Morgan fingerprint density at radius 3 is 2.34 bits per heavy atom. The van der Waals surface area contributed by atoms with Crippen LogP contribution < -0.4 is 14.8 Å². The van der Waals surface area contributed by atoms with E-state index < -0.39 is 15.8 Å². The molecule has 0 aromatic heterocycles. The zero-order valence-electron chi connectivity index (χ0n) is 17.4. The maximum absolute atomic E-state index is 13.0. The largest absolute Gasteiger partial charge is 0.484 e. The first-order chi connectivity index (χ1) is 15.1. The summed E-state index contributed by atoms with van der Waals surface area (Å²) < 4.78 is 46.1. The molecule has 0 saturated carbocycles. The van der Waals surface area contributed by atoms with Crippen molar-refractivity contribution in [2.24, 2.45) is 0 Å². The summed E-state index contributed by atoms with van der Waals surface area (Å²) in [6, 6.07) is 16.2. The Hall–Kier alpha value is -3.10. The highest BCUT2D eigenvalue weighted by Gasteiger charge is 2.17. The molecule has 1 atom stereocenters. The fourth-order valence-corrected chi connectivity index (χ4v) is 4.21. The highest BCUT2D eigenvalue weighted by molar-refractivity contribution is 7.92. The summed E-state index contributed by atoms with van der Waals surface area (Å²) in [4.78, 5) is 12.3. The Labute approximate surface area is 191 Å². The quantitative estimate of drug-likeness (QED) is 0.487. The normalized spacial score (nSPS) is 12.1. The van der Waals surface area contributed by atoms with Gasteiger partial charge in [-0.25, -0.2) is 12.8 Å². The number of ether oxygens (including phenoxy) is 1. The maximum Gasteiger partial charge on any atom is 0.261 e. The molecule has 0 saturated heterocycles. The Balaban J connectivity index is 1.60. The van der Waals surface area contributed by atoms with Crippen LogP contribution in [-0.2, 0) is 14.8 Å². The summed E-state index contributed by atoms with van der Waals surface area (Å²) in [5.74, 6) is -0.390. The topological polar surface area (TPSA) is 84.5 Å². The van der Waals surface area contributed by atoms with E-state index in [0.29, 0.717) is 16.3 Å². The van der Waals surface area contributed by atoms with Gasteiger partial charge in [-0.2, -0.15) is 0 Å². The van der Waals surface area contributed by atoms with E-state index in [2.05, 4.69) is 10.0 Å². The van der Waals surface area contributed by atoms with E-state index in [9.17, 15) is 17.6 Å². The molecule has 168 valence electrons. The first kappa shape index (κ1) is 23.6. The number of hydrogen-bond acceptors (Lipinski definition) is 4. The summed E-state index contributed by atoms with van der Waals surface area (Å²) in [5, 5.41) is 3.45. The first-order valence-corrected chi connectivity index (χ1v) is 11.6. The van der Waals surface area contributed by atoms with Crippen molar-refractivity contribution < 1.29 is 22.3 Å². The molecule has 9 heteroatoms. The highest BCUT2D eigenvalue weighted by Crippen LogP contribution is 2.24. The summed E-state index contributed by atoms with van der Waals surface area (Å²) in [6.07, 6.45) is 0. The predicted octanol–water partition coefficient (Wildman–Crippen LogP) is 4.84. The minimum absolute atomic E-state index is 0.0208. The third-order valence-corrected chi connectivity index (χ3v) is 6.29. The lowest BCUT2D eigenvalue weighted by atomic mass is 10.1. The van der Waals surface area contributed by atoms with E-state index in [1.54, 1.807) is 19.1 Å². The van der Waals surface area contributed by atoms with Crippen LogP contribution in [-0.4, -0.2) is 20.9 Å². The van der Waals surface area contributed by atoms with Crippen LogP contribution in [0.1, 0.15) is 24.1 Å². The molecule has 3 aromatic rings. The number of nitrogens with one attached hydrogen (secondary N) is 2. The maximum atomic E-state index is 13.0. The molecule has 0 heterocycles. The number of benzene rings is 3. The smallest absolute Gasteiger partial charge is 0.261 e. The Bertz CT molecular complexity index is 1200. The van der Waals surface area contributed by atoms with Crippen LogP contribution in [0.2, 0.25) is 5.02 Å². The average molecular weight is 477 g/mol. The lowest BCUT2D eigenvalue weighted by Crippen LogP contribution is -2.31. The minimum atomic E-state index is -3.86. The molecule has 0 bridgehead atoms. The van der Waals surface area contributed by atoms with Gasteiger partial charge in [-0.15, -0.1) is 0 Å². The van der Waals surface area contributed by atoms with E-state index in [-0.39, 0.29) is 29.1 Å². The minimum Gasteiger partial charge on any atom is -0.484 e. The van der Waals surface area contributed by atoms with Crippen LogP contribution in [0.3, 0.4) is 0 Å². The van der Waals surface area contributed by atoms with Crippen molar-refractivity contribution in [3.63, 3.8) is 0 Å². The Kier molecular flexibility index (Phi) is 7.37. The zero-order valence-corrected chi connectivity index (χ0v) is 19.0. The van der Waals surface area contributed by atoms with Crippen LogP contribution in [0.25, 0.3) is 0 Å². The van der Waals surface area contributed by atoms with Crippen molar-refractivity contribution >= 4 is 33.2 Å². The van der Waals surface area contributed by atoms with E-state index in [0.717, 1.165) is 5.56 Å². The highest BCUT2D eigenvalue weighted by atomic mass is 35.5. The molecule has 0 aliphatic heterocycles. The second-order valence-corrected chi connectivity index (χ2v) is 9.29. The Morgan fingerprint density at radius 1 is 1.06 bits per heavy atom. The van der Waals surface area contributed by atoms with Gasteiger partial charge in [0.2, 0.25) is 0 Å². The second-order valence-electron chi connectivity index (χ2n) is 7.17. The number of amides is 1. The summed E-state index contributed by atoms with van der Waals surface area (Å²) in [6.45, 7) is 3.30. The van der Waals surface area contributed by atoms with E-state index in [1.807, 2.05) is 19.1 Å². The van der Waals surface area contributed by atoms with Gasteiger partial charge in [0, 0.05) is 10.7 Å². The molecule has 0 spiro atoms. The van der Waals surface area contributed by atoms with Crippen LogP contribution in [0.4, 0.5) is 10.1 Å². The number of aryl methyl sites for hydroxylation is 1. The van der Waals surface area contributed by atoms with E-state index in [4.69, 9.17) is 16.3 Å². The van der Waals surface area contributed by atoms with Gasteiger partial charge in [0.1, 0.15) is 11.6 Å². The predicted molar refractivity (Wildman–Crippen MR) is 122 cm³/mol. The van der Waals surface area contributed by atoms with Gasteiger partial charge < -0.3 is 10.1 Å². The van der Waals surface area contributed by atoms with Gasteiger partial charge in [0.25, 0.3) is 15.9 Å². The molecule has 0 aliphatic carbocycles. The lowest BCUT2D eigenvalue weighted by Gasteiger charge is -2.16. The number of carbonyl (C=O) groups is 1. The van der Waals surface area contributed by atoms with Crippen LogP contribution in [0.15, 0.2) is 71.6 Å². The van der Waals surface area contributed by atoms with Gasteiger partial charge >= 0.3 is 0 Å². The number of hydrogen-bond donors (Lipinski definition) is 2. The standard InChI is InChI=1S/C23H22ClFN2O4S/c1-15-13-21(32(29,30)27-20-9-7-19(25)8-10-20)11-12-22(15)31-14-23(28)26-16(2)17-3-5-18(24)6-4-17/h3-13,16,27H,14H2,1-2H3,(H,26,28)/t16-/m0/s1. The molecule has 3 rings (SSSR count). The summed E-state index contributed by atoms with van der Waals surface area (Å²) in [5.41, 5.74) is 1.70. The summed E-state index contributed by atoms with van der Waals surface area (Å²) in [7, 11) is -3.86. The molecule has 0 aliphatic rings. The van der Waals surface area contributed by atoms with Crippen molar-refractivity contribution in [3.05, 3.63) is 88.7 Å². The number of halogens is 2. The van der Waals surface area contributed by atoms with E-state index >= 15 is 0 Å². The average Bonchev–Trinajstić information content (AvgIpc) is 2.74. The molecule has 3 aromatic carbocycles. The number of rotatable bonds is 8. The number of sulfonamides is 1. The summed E-state index contributed by atoms with van der Waals surface area (Å²) >= 11 is 5.88. The monoisotopic (exact) mass is 476 g/mol. The third-order valence-electron chi connectivity index (χ3n) is 4.66. The lowest BCUT2D eigenvalue weighted by molar-refractivity contribution is -0.123. The van der Waals surface area contributed by atoms with Crippen LogP contribution in [0.5, 0.6) is 5.75 Å². The van der Waals surface area contributed by atoms with Crippen LogP contribution in [0, 0.1) is 12.7 Å². The fourth-order valence-electron chi connectivity index (χ4n) is 2.94. The van der Waals surface area contributed by atoms with Gasteiger partial charge in [-0.05, 0) is 79.6 Å². The van der Waals surface area contributed by atoms with E-state index in [1.165, 1.54) is 42.5 Å². The molecule has 0 unspecified atom stereocenters. The van der Waals surface area contributed by atoms with Gasteiger partial charge in [0.15, 0.2) is 6.61 Å². The van der Waals surface area contributed by atoms with Gasteiger partial charge in [-0.3, -0.25) is 9.52 Å². The molecule has 0 fully saturated rings. The van der Waals surface area contributed by atoms with Gasteiger partial charge in [0.05, 0.1) is 10.9 Å². The molecule has 0 radical (unpaired) electrons. The van der Waals surface area contributed by atoms with Crippen molar-refractivity contribution in [2.75, 3.05) is 11.3 Å². The van der Waals surface area contributed by atoms with Crippen molar-refractivity contribution in [2.45, 2.75) is 24.8 Å². The zero-order chi connectivity index (χ0) is 23.3. The van der Waals surface area contributed by atoms with Crippen molar-refractivity contribution in [1.29, 1.82) is 0 Å². The molecular formula is C23H22ClFN2O4S. The number of anilines is 1. The number of carbonyl (C=O) groups excluding carboxylic acids is 1. The fraction of sp³-hybridized carbons (Fsp3) is 0.174. The van der Waals surface area contributed by atoms with Crippen molar-refractivity contribution in [1.82, 2.24) is 5.32 Å². The SMILES string of the molecule is Cc1cc(S(=O)(=O)Nc2ccc(F)cc2)ccc1OCC(=O)N[C@@H](C)c1ccc(Cl)cc1. The van der Waals surface area contributed by atoms with Crippen LogP contribution >= 0.6 is 11.6 Å². The molecule has 32 heavy (non-hydrogen) atoms.